The molecule has 0 aromatic carbocycles. The predicted octanol–water partition coefficient (Wildman–Crippen LogP) is 12.7. The van der Waals surface area contributed by atoms with Crippen LogP contribution in [0.1, 0.15) is 187 Å². The molecule has 0 saturated carbocycles. The van der Waals surface area contributed by atoms with Gasteiger partial charge in [-0.15, -0.1) is 0 Å². The molecular formula is C54H91NO7. The van der Waals surface area contributed by atoms with Gasteiger partial charge in [0.2, 0.25) is 0 Å². The van der Waals surface area contributed by atoms with E-state index in [1.165, 1.54) is 64.2 Å². The average molecular weight is 866 g/mol. The first-order valence-electron chi connectivity index (χ1n) is 24.6. The van der Waals surface area contributed by atoms with Crippen LogP contribution in [0.25, 0.3) is 0 Å². The smallest absolute Gasteiger partial charge is 0.306 e. The normalized spacial score (nSPS) is 13.6. The van der Waals surface area contributed by atoms with Gasteiger partial charge in [0.1, 0.15) is 12.6 Å². The zero-order valence-electron chi connectivity index (χ0n) is 40.3. The SMILES string of the molecule is CC/C=C/C/C=C/C/C=C/C/C=C/C/C=C/C/C=C/CCCCCCC(=O)OCC(COCCC(C(=O)[O-])[N+](C)(C)C)OC(=O)CCCCCCCCC/C=C/CCCCCC. The van der Waals surface area contributed by atoms with Gasteiger partial charge in [-0.05, 0) is 89.9 Å². The van der Waals surface area contributed by atoms with E-state index in [2.05, 4.69) is 98.9 Å². The molecule has 0 saturated heterocycles. The Morgan fingerprint density at radius 3 is 1.35 bits per heavy atom. The third-order valence-electron chi connectivity index (χ3n) is 10.5. The summed E-state index contributed by atoms with van der Waals surface area (Å²) < 4.78 is 17.2. The molecule has 2 atom stereocenters. The van der Waals surface area contributed by atoms with Crippen LogP contribution in [0.2, 0.25) is 0 Å². The van der Waals surface area contributed by atoms with E-state index in [1.807, 2.05) is 0 Å². The molecule has 0 spiro atoms. The molecule has 0 heterocycles. The van der Waals surface area contributed by atoms with Gasteiger partial charge < -0.3 is 28.6 Å². The van der Waals surface area contributed by atoms with E-state index in [0.717, 1.165) is 89.9 Å². The molecule has 0 aliphatic carbocycles. The summed E-state index contributed by atoms with van der Waals surface area (Å²) in [4.78, 5) is 37.0. The van der Waals surface area contributed by atoms with Crippen molar-refractivity contribution in [2.75, 3.05) is 41.0 Å². The summed E-state index contributed by atoms with van der Waals surface area (Å²) in [5.41, 5.74) is 0. The topological polar surface area (TPSA) is 102 Å². The quantitative estimate of drug-likeness (QED) is 0.0260. The number of nitrogens with zero attached hydrogens (tertiary/aromatic N) is 1. The fraction of sp³-hybridized carbons (Fsp3) is 0.685. The van der Waals surface area contributed by atoms with Crippen LogP contribution >= 0.6 is 0 Å². The number of carboxylic acid groups (broad SMARTS) is 1. The molecule has 8 nitrogen and oxygen atoms in total. The summed E-state index contributed by atoms with van der Waals surface area (Å²) in [6.45, 7) is 4.50. The maximum atomic E-state index is 12.8. The Bertz CT molecular complexity index is 1290. The second-order valence-electron chi connectivity index (χ2n) is 17.3. The highest BCUT2D eigenvalue weighted by Gasteiger charge is 2.25. The number of carboxylic acids is 1. The molecule has 0 amide bonds. The Kier molecular flexibility index (Phi) is 41.6. The Morgan fingerprint density at radius 1 is 0.500 bits per heavy atom. The number of allylic oxidation sites excluding steroid dienone is 14. The van der Waals surface area contributed by atoms with Crippen LogP contribution in [0.5, 0.6) is 0 Å². The second-order valence-corrected chi connectivity index (χ2v) is 17.3. The Labute approximate surface area is 380 Å². The number of rotatable bonds is 43. The van der Waals surface area contributed by atoms with Crippen molar-refractivity contribution >= 4 is 17.9 Å². The second kappa shape index (κ2) is 44.1. The lowest BCUT2D eigenvalue weighted by Crippen LogP contribution is -2.55. The van der Waals surface area contributed by atoms with Gasteiger partial charge in [-0.1, -0.05) is 163 Å². The van der Waals surface area contributed by atoms with Crippen molar-refractivity contribution in [1.29, 1.82) is 0 Å². The Morgan fingerprint density at radius 2 is 0.903 bits per heavy atom. The minimum atomic E-state index is -1.13. The summed E-state index contributed by atoms with van der Waals surface area (Å²) in [6.07, 6.45) is 57.5. The monoisotopic (exact) mass is 866 g/mol. The molecule has 0 aliphatic heterocycles. The van der Waals surface area contributed by atoms with Crippen LogP contribution in [0, 0.1) is 0 Å². The molecule has 0 radical (unpaired) electrons. The van der Waals surface area contributed by atoms with Gasteiger partial charge in [0, 0.05) is 19.3 Å². The molecule has 0 N–H and O–H groups in total. The van der Waals surface area contributed by atoms with Crippen molar-refractivity contribution in [3.8, 4) is 0 Å². The predicted molar refractivity (Wildman–Crippen MR) is 258 cm³/mol. The molecular weight excluding hydrogens is 775 g/mol. The Balaban J connectivity index is 4.34. The van der Waals surface area contributed by atoms with Crippen molar-refractivity contribution in [2.24, 2.45) is 0 Å². The summed E-state index contributed by atoms with van der Waals surface area (Å²) in [5, 5.41) is 11.6. The summed E-state index contributed by atoms with van der Waals surface area (Å²) in [7, 11) is 5.40. The summed E-state index contributed by atoms with van der Waals surface area (Å²) in [6, 6.07) is -0.735. The van der Waals surface area contributed by atoms with Crippen molar-refractivity contribution in [1.82, 2.24) is 0 Å². The van der Waals surface area contributed by atoms with E-state index in [4.69, 9.17) is 14.2 Å². The van der Waals surface area contributed by atoms with E-state index in [0.29, 0.717) is 12.8 Å². The summed E-state index contributed by atoms with van der Waals surface area (Å²) >= 11 is 0. The number of ether oxygens (including phenoxy) is 3. The lowest BCUT2D eigenvalue weighted by atomic mass is 10.1. The van der Waals surface area contributed by atoms with E-state index in [9.17, 15) is 19.5 Å². The minimum Gasteiger partial charge on any atom is -0.544 e. The van der Waals surface area contributed by atoms with Gasteiger partial charge >= 0.3 is 11.9 Å². The highest BCUT2D eigenvalue weighted by molar-refractivity contribution is 5.70. The van der Waals surface area contributed by atoms with E-state index in [-0.39, 0.29) is 42.7 Å². The van der Waals surface area contributed by atoms with Crippen molar-refractivity contribution in [2.45, 2.75) is 199 Å². The lowest BCUT2D eigenvalue weighted by Gasteiger charge is -2.34. The first-order valence-corrected chi connectivity index (χ1v) is 24.6. The van der Waals surface area contributed by atoms with Crippen molar-refractivity contribution in [3.63, 3.8) is 0 Å². The fourth-order valence-corrected chi connectivity index (χ4v) is 6.71. The summed E-state index contributed by atoms with van der Waals surface area (Å²) in [5.74, 6) is -1.78. The molecule has 0 fully saturated rings. The molecule has 2 unspecified atom stereocenters. The van der Waals surface area contributed by atoms with Crippen LogP contribution in [-0.4, -0.2) is 75.5 Å². The third kappa shape index (κ3) is 41.8. The van der Waals surface area contributed by atoms with Crippen molar-refractivity contribution < 1.29 is 38.2 Å². The van der Waals surface area contributed by atoms with Crippen LogP contribution in [0.15, 0.2) is 85.1 Å². The van der Waals surface area contributed by atoms with Gasteiger partial charge in [-0.25, -0.2) is 0 Å². The van der Waals surface area contributed by atoms with Gasteiger partial charge in [-0.3, -0.25) is 9.59 Å². The molecule has 62 heavy (non-hydrogen) atoms. The number of esters is 2. The molecule has 0 aliphatic rings. The number of quaternary nitrogens is 1. The number of likely N-dealkylation sites (N-methyl/N-ethyl adjacent to an activating group) is 1. The molecule has 8 heteroatoms. The van der Waals surface area contributed by atoms with Crippen LogP contribution < -0.4 is 5.11 Å². The van der Waals surface area contributed by atoms with Gasteiger partial charge in [0.05, 0.1) is 40.3 Å². The number of hydrogen-bond acceptors (Lipinski definition) is 7. The van der Waals surface area contributed by atoms with E-state index >= 15 is 0 Å². The van der Waals surface area contributed by atoms with Gasteiger partial charge in [0.25, 0.3) is 0 Å². The van der Waals surface area contributed by atoms with Crippen LogP contribution in [-0.2, 0) is 28.6 Å². The van der Waals surface area contributed by atoms with Crippen LogP contribution in [0.3, 0.4) is 0 Å². The minimum absolute atomic E-state index is 0.0264. The first kappa shape index (κ1) is 58.5. The highest BCUT2D eigenvalue weighted by Crippen LogP contribution is 2.13. The zero-order valence-corrected chi connectivity index (χ0v) is 40.3. The van der Waals surface area contributed by atoms with Crippen LogP contribution in [0.4, 0.5) is 0 Å². The highest BCUT2D eigenvalue weighted by atomic mass is 16.6. The Hall–Kier alpha value is -3.49. The van der Waals surface area contributed by atoms with E-state index in [1.54, 1.807) is 21.1 Å². The number of carbonyl (C=O) groups excluding carboxylic acids is 3. The maximum Gasteiger partial charge on any atom is 0.306 e. The number of aliphatic carboxylic acids is 1. The standard InChI is InChI=1S/C54H91NO7/c1-6-8-10-12-14-16-18-20-22-23-24-25-26-27-28-29-31-32-34-36-38-40-42-44-52(56)61-49-50(48-60-47-46-51(54(58)59)55(3,4)5)62-53(57)45-43-41-39-37-35-33-30-21-19-17-15-13-11-9-7-2/h8,10,14,16-17,19-20,22,24-25,27-28,31-32,50-51H,6-7,9,11-13,15,18,21,23,26,29-30,33-49H2,1-5H3/b10-8+,16-14+,19-17+,22-20+,25-24+,28-27+,32-31+. The molecule has 0 aromatic rings. The van der Waals surface area contributed by atoms with Gasteiger partial charge in [0.15, 0.2) is 6.10 Å². The van der Waals surface area contributed by atoms with E-state index < -0.39 is 18.1 Å². The molecule has 0 rings (SSSR count). The number of hydrogen-bond donors (Lipinski definition) is 0. The lowest BCUT2D eigenvalue weighted by molar-refractivity contribution is -0.889. The molecule has 354 valence electrons. The average Bonchev–Trinajstić information content (AvgIpc) is 3.23. The molecule has 0 bridgehead atoms. The first-order chi connectivity index (χ1) is 30.1. The number of carbonyl (C=O) groups is 3. The van der Waals surface area contributed by atoms with Gasteiger partial charge in [-0.2, -0.15) is 0 Å². The maximum absolute atomic E-state index is 12.8. The molecule has 0 aromatic heterocycles. The largest absolute Gasteiger partial charge is 0.544 e. The van der Waals surface area contributed by atoms with Crippen molar-refractivity contribution in [3.05, 3.63) is 85.1 Å². The number of unbranched alkanes of at least 4 members (excludes halogenated alkanes) is 15. The fourth-order valence-electron chi connectivity index (χ4n) is 6.71. The zero-order chi connectivity index (χ0) is 45.6. The third-order valence-corrected chi connectivity index (χ3v) is 10.5.